The van der Waals surface area contributed by atoms with E-state index in [1.807, 2.05) is 56.3 Å². The molecule has 3 amide bonds. The molecule has 41 heavy (non-hydrogen) atoms. The lowest BCUT2D eigenvalue weighted by Gasteiger charge is -2.16. The number of anilines is 1. The van der Waals surface area contributed by atoms with Gasteiger partial charge >= 0.3 is 0 Å². The zero-order chi connectivity index (χ0) is 28.9. The highest BCUT2D eigenvalue weighted by atomic mass is 127. The van der Waals surface area contributed by atoms with Crippen molar-refractivity contribution in [2.75, 3.05) is 18.5 Å². The number of benzene rings is 4. The van der Waals surface area contributed by atoms with Gasteiger partial charge in [-0.3, -0.25) is 19.3 Å². The number of carbonyl (C=O) groups excluding carboxylic acids is 3. The van der Waals surface area contributed by atoms with Crippen molar-refractivity contribution >= 4 is 73.9 Å². The molecule has 1 aliphatic rings. The molecule has 0 atom stereocenters. The van der Waals surface area contributed by atoms with Crippen LogP contribution in [0.5, 0.6) is 11.5 Å². The van der Waals surface area contributed by atoms with Crippen LogP contribution in [0.25, 0.3) is 16.8 Å². The summed E-state index contributed by atoms with van der Waals surface area (Å²) in [4.78, 5) is 39.4. The van der Waals surface area contributed by atoms with Crippen LogP contribution in [-0.4, -0.2) is 35.1 Å². The van der Waals surface area contributed by atoms with E-state index >= 15 is 0 Å². The van der Waals surface area contributed by atoms with Crippen molar-refractivity contribution in [3.05, 3.63) is 104 Å². The first-order chi connectivity index (χ1) is 19.8. The lowest BCUT2D eigenvalue weighted by atomic mass is 10.1. The molecule has 1 fully saturated rings. The van der Waals surface area contributed by atoms with E-state index < -0.39 is 17.1 Å². The van der Waals surface area contributed by atoms with Crippen LogP contribution in [0, 0.1) is 10.5 Å². The molecular formula is C32H27IN2O5S. The number of thioether (sulfide) groups is 1. The second-order valence-corrected chi connectivity index (χ2v) is 11.5. The molecule has 1 heterocycles. The largest absolute Gasteiger partial charge is 0.490 e. The quantitative estimate of drug-likeness (QED) is 0.147. The first kappa shape index (κ1) is 28.7. The number of ether oxygens (including phenoxy) is 2. The molecule has 1 aliphatic heterocycles. The molecule has 5 rings (SSSR count). The molecule has 0 spiro atoms. The van der Waals surface area contributed by atoms with E-state index in [0.29, 0.717) is 36.0 Å². The van der Waals surface area contributed by atoms with Gasteiger partial charge in [-0.05, 0) is 100 Å². The SMILES string of the molecule is CCOc1cc(/C=C2/SC(=O)N(CC(=O)Nc3ccc(C)cc3)C2=O)cc(I)c1OCc1cccc2ccccc12. The maximum absolute atomic E-state index is 13.1. The molecule has 7 nitrogen and oxygen atoms in total. The zero-order valence-electron chi connectivity index (χ0n) is 22.5. The number of imide groups is 1. The van der Waals surface area contributed by atoms with Gasteiger partial charge in [-0.1, -0.05) is 60.2 Å². The fraction of sp³-hybridized carbons (Fsp3) is 0.156. The topological polar surface area (TPSA) is 84.9 Å². The smallest absolute Gasteiger partial charge is 0.294 e. The summed E-state index contributed by atoms with van der Waals surface area (Å²) in [7, 11) is 0. The number of hydrogen-bond donors (Lipinski definition) is 1. The summed E-state index contributed by atoms with van der Waals surface area (Å²) in [5.74, 6) is 0.197. The Kier molecular flexibility index (Phi) is 8.94. The molecule has 0 radical (unpaired) electrons. The Morgan fingerprint density at radius 3 is 2.54 bits per heavy atom. The summed E-state index contributed by atoms with van der Waals surface area (Å²) in [5, 5.41) is 4.51. The first-order valence-electron chi connectivity index (χ1n) is 13.0. The second-order valence-electron chi connectivity index (χ2n) is 9.37. The predicted molar refractivity (Wildman–Crippen MR) is 171 cm³/mol. The van der Waals surface area contributed by atoms with Crippen LogP contribution in [0.3, 0.4) is 0 Å². The molecule has 9 heteroatoms. The maximum Gasteiger partial charge on any atom is 0.294 e. The Labute approximate surface area is 256 Å². The van der Waals surface area contributed by atoms with Crippen molar-refractivity contribution in [1.29, 1.82) is 0 Å². The number of halogens is 1. The number of amides is 3. The molecule has 0 aromatic heterocycles. The highest BCUT2D eigenvalue weighted by Gasteiger charge is 2.36. The number of hydrogen-bond acceptors (Lipinski definition) is 6. The van der Waals surface area contributed by atoms with E-state index in [4.69, 9.17) is 9.47 Å². The Morgan fingerprint density at radius 1 is 1.00 bits per heavy atom. The number of rotatable bonds is 9. The monoisotopic (exact) mass is 678 g/mol. The average molecular weight is 679 g/mol. The standard InChI is InChI=1S/C32H27IN2O5S/c1-3-39-27-16-21(15-26(33)30(27)40-19-23-9-6-8-22-7-4-5-10-25(22)23)17-28-31(37)35(32(38)41-28)18-29(36)34-24-13-11-20(2)12-14-24/h4-17H,3,18-19H2,1-2H3,(H,34,36)/b28-17+. The van der Waals surface area contributed by atoms with Crippen LogP contribution < -0.4 is 14.8 Å². The lowest BCUT2D eigenvalue weighted by Crippen LogP contribution is -2.36. The van der Waals surface area contributed by atoms with Crippen LogP contribution in [0.4, 0.5) is 10.5 Å². The summed E-state index contributed by atoms with van der Waals surface area (Å²) in [6.07, 6.45) is 1.64. The van der Waals surface area contributed by atoms with E-state index in [1.165, 1.54) is 0 Å². The fourth-order valence-corrected chi connectivity index (χ4v) is 6.03. The van der Waals surface area contributed by atoms with Gasteiger partial charge in [0.1, 0.15) is 13.2 Å². The van der Waals surface area contributed by atoms with Crippen molar-refractivity contribution in [3.63, 3.8) is 0 Å². The fourth-order valence-electron chi connectivity index (χ4n) is 4.41. The third-order valence-corrected chi connectivity index (χ3v) is 8.10. The molecule has 1 saturated heterocycles. The number of nitrogens with zero attached hydrogens (tertiary/aromatic N) is 1. The Hall–Kier alpha value is -3.83. The van der Waals surface area contributed by atoms with Gasteiger partial charge in [-0.15, -0.1) is 0 Å². The molecule has 1 N–H and O–H groups in total. The summed E-state index contributed by atoms with van der Waals surface area (Å²) in [6, 6.07) is 25.2. The van der Waals surface area contributed by atoms with E-state index in [0.717, 1.165) is 42.1 Å². The van der Waals surface area contributed by atoms with E-state index in [9.17, 15) is 14.4 Å². The first-order valence-corrected chi connectivity index (χ1v) is 14.9. The average Bonchev–Trinajstić information content (AvgIpc) is 3.21. The third-order valence-electron chi connectivity index (χ3n) is 6.39. The van der Waals surface area contributed by atoms with Gasteiger partial charge in [-0.2, -0.15) is 0 Å². The minimum atomic E-state index is -0.511. The minimum Gasteiger partial charge on any atom is -0.490 e. The van der Waals surface area contributed by atoms with Gasteiger partial charge in [0.2, 0.25) is 5.91 Å². The molecule has 0 bridgehead atoms. The Morgan fingerprint density at radius 2 is 1.76 bits per heavy atom. The Bertz CT molecular complexity index is 1660. The van der Waals surface area contributed by atoms with Gasteiger partial charge < -0.3 is 14.8 Å². The summed E-state index contributed by atoms with van der Waals surface area (Å²) < 4.78 is 13.0. The van der Waals surface area contributed by atoms with Gasteiger partial charge in [0.25, 0.3) is 11.1 Å². The van der Waals surface area contributed by atoms with Crippen molar-refractivity contribution in [1.82, 2.24) is 4.90 Å². The zero-order valence-corrected chi connectivity index (χ0v) is 25.5. The van der Waals surface area contributed by atoms with Crippen molar-refractivity contribution in [2.24, 2.45) is 0 Å². The highest BCUT2D eigenvalue weighted by Crippen LogP contribution is 2.38. The van der Waals surface area contributed by atoms with Crippen LogP contribution >= 0.6 is 34.4 Å². The molecule has 4 aromatic carbocycles. The van der Waals surface area contributed by atoms with Gasteiger partial charge in [-0.25, -0.2) is 0 Å². The minimum absolute atomic E-state index is 0.237. The molecule has 208 valence electrons. The highest BCUT2D eigenvalue weighted by molar-refractivity contribution is 14.1. The number of carbonyl (C=O) groups is 3. The van der Waals surface area contributed by atoms with Crippen molar-refractivity contribution in [2.45, 2.75) is 20.5 Å². The predicted octanol–water partition coefficient (Wildman–Crippen LogP) is 7.41. The van der Waals surface area contributed by atoms with Crippen molar-refractivity contribution in [3.8, 4) is 11.5 Å². The number of nitrogens with one attached hydrogen (secondary N) is 1. The maximum atomic E-state index is 13.1. The van der Waals surface area contributed by atoms with Gasteiger partial charge in [0.05, 0.1) is 15.1 Å². The van der Waals surface area contributed by atoms with E-state index in [1.54, 1.807) is 24.3 Å². The lowest BCUT2D eigenvalue weighted by molar-refractivity contribution is -0.127. The van der Waals surface area contributed by atoms with Crippen LogP contribution in [0.2, 0.25) is 0 Å². The van der Waals surface area contributed by atoms with Gasteiger partial charge in [0, 0.05) is 5.69 Å². The molecule has 0 saturated carbocycles. The van der Waals surface area contributed by atoms with Crippen molar-refractivity contribution < 1.29 is 23.9 Å². The summed E-state index contributed by atoms with van der Waals surface area (Å²) in [5.41, 5.74) is 3.41. The Balaban J connectivity index is 1.32. The van der Waals surface area contributed by atoms with Gasteiger partial charge in [0.15, 0.2) is 11.5 Å². The van der Waals surface area contributed by atoms with Crippen LogP contribution in [0.15, 0.2) is 83.8 Å². The second kappa shape index (κ2) is 12.8. The molecule has 0 aliphatic carbocycles. The van der Waals surface area contributed by atoms with E-state index in [2.05, 4.69) is 46.1 Å². The number of fused-ring (bicyclic) bond motifs is 1. The van der Waals surface area contributed by atoms with Crippen LogP contribution in [0.1, 0.15) is 23.6 Å². The molecular weight excluding hydrogens is 651 g/mol. The number of aryl methyl sites for hydroxylation is 1. The summed E-state index contributed by atoms with van der Waals surface area (Å²) >= 11 is 2.99. The summed E-state index contributed by atoms with van der Waals surface area (Å²) in [6.45, 7) is 4.26. The molecule has 0 unspecified atom stereocenters. The molecule has 4 aromatic rings. The van der Waals surface area contributed by atoms with Crippen LogP contribution in [-0.2, 0) is 16.2 Å². The third kappa shape index (κ3) is 6.74. The normalized spacial score (nSPS) is 14.1. The van der Waals surface area contributed by atoms with E-state index in [-0.39, 0.29) is 11.4 Å².